The number of aromatic nitrogens is 3. The molecule has 1 N–H and O–H groups in total. The molecule has 0 radical (unpaired) electrons. The van der Waals surface area contributed by atoms with Crippen LogP contribution in [-0.2, 0) is 11.2 Å². The van der Waals surface area contributed by atoms with Crippen LogP contribution in [0, 0.1) is 37.0 Å². The van der Waals surface area contributed by atoms with E-state index in [1.807, 2.05) is 35.7 Å². The number of hydrogen-bond acceptors (Lipinski definition) is 5. The van der Waals surface area contributed by atoms with Crippen molar-refractivity contribution in [1.82, 2.24) is 19.9 Å². The van der Waals surface area contributed by atoms with E-state index in [4.69, 9.17) is 19.6 Å². The minimum absolute atomic E-state index is 0.149. The van der Waals surface area contributed by atoms with Crippen LogP contribution in [0.25, 0.3) is 16.9 Å². The van der Waals surface area contributed by atoms with Crippen molar-refractivity contribution < 1.29 is 14.3 Å². The van der Waals surface area contributed by atoms with Crippen molar-refractivity contribution in [3.05, 3.63) is 41.2 Å². The summed E-state index contributed by atoms with van der Waals surface area (Å²) in [4.78, 5) is 18.0. The average Bonchev–Trinajstić information content (AvgIpc) is 3.31. The Hall–Kier alpha value is -3.09. The molecule has 3 aromatic rings. The monoisotopic (exact) mass is 516 g/mol. The Labute approximate surface area is 225 Å². The third-order valence-electron chi connectivity index (χ3n) is 9.83. The third kappa shape index (κ3) is 4.34. The van der Waals surface area contributed by atoms with Crippen LogP contribution in [0.15, 0.2) is 24.3 Å². The summed E-state index contributed by atoms with van der Waals surface area (Å²) in [6.45, 7) is 6.35. The molecule has 0 saturated heterocycles. The molecule has 2 aromatic heterocycles. The SMILES string of the molecule is COc1ccc(-c2cc3nc(C)c(CCC(=O)NC(C)C45CC6CC(CC(C6)C4)C5)c(C)n3n2)c(OC)c1. The predicted octanol–water partition coefficient (Wildman–Crippen LogP) is 5.68. The number of hydrogen-bond donors (Lipinski definition) is 1. The normalized spacial score (nSPS) is 26.5. The standard InChI is InChI=1S/C31H40N4O3/c1-18-25(8-9-30(36)33-20(3)31-15-21-10-22(16-31)12-23(11-21)17-31)19(2)35-29(32-18)14-27(34-35)26-7-6-24(37-4)13-28(26)38-5/h6-7,13-14,20-23H,8-12,15-17H2,1-5H3,(H,33,36). The first-order valence-electron chi connectivity index (χ1n) is 14.2. The Morgan fingerprint density at radius 1 is 1.08 bits per heavy atom. The minimum atomic E-state index is 0.149. The van der Waals surface area contributed by atoms with E-state index < -0.39 is 0 Å². The number of amides is 1. The Bertz CT molecular complexity index is 1340. The second kappa shape index (κ2) is 9.58. The molecule has 7 rings (SSSR count). The third-order valence-corrected chi connectivity index (χ3v) is 9.83. The molecule has 0 aliphatic heterocycles. The maximum Gasteiger partial charge on any atom is 0.220 e. The predicted molar refractivity (Wildman–Crippen MR) is 148 cm³/mol. The lowest BCUT2D eigenvalue weighted by Gasteiger charge is -2.59. The largest absolute Gasteiger partial charge is 0.497 e. The highest BCUT2D eigenvalue weighted by Gasteiger charge is 2.53. The number of aryl methyl sites for hydroxylation is 2. The van der Waals surface area contributed by atoms with Gasteiger partial charge in [-0.25, -0.2) is 9.50 Å². The topological polar surface area (TPSA) is 77.8 Å². The van der Waals surface area contributed by atoms with E-state index >= 15 is 0 Å². The summed E-state index contributed by atoms with van der Waals surface area (Å²) in [5.41, 5.74) is 5.85. The number of fused-ring (bicyclic) bond motifs is 1. The first-order valence-corrected chi connectivity index (χ1v) is 14.2. The fraction of sp³-hybridized carbons (Fsp3) is 0.581. The molecule has 38 heavy (non-hydrogen) atoms. The maximum absolute atomic E-state index is 13.1. The molecule has 7 heteroatoms. The van der Waals surface area contributed by atoms with Crippen molar-refractivity contribution in [3.63, 3.8) is 0 Å². The van der Waals surface area contributed by atoms with E-state index in [9.17, 15) is 4.79 Å². The molecule has 2 heterocycles. The van der Waals surface area contributed by atoms with Crippen molar-refractivity contribution in [1.29, 1.82) is 0 Å². The summed E-state index contributed by atoms with van der Waals surface area (Å²) in [6, 6.07) is 7.95. The smallest absolute Gasteiger partial charge is 0.220 e. The number of nitrogens with zero attached hydrogens (tertiary/aromatic N) is 3. The first kappa shape index (κ1) is 25.2. The molecule has 1 unspecified atom stereocenters. The quantitative estimate of drug-likeness (QED) is 0.417. The van der Waals surface area contributed by atoms with Gasteiger partial charge >= 0.3 is 0 Å². The second-order valence-electron chi connectivity index (χ2n) is 12.2. The van der Waals surface area contributed by atoms with Crippen molar-refractivity contribution in [3.8, 4) is 22.8 Å². The van der Waals surface area contributed by atoms with E-state index in [1.165, 1.54) is 38.5 Å². The lowest BCUT2D eigenvalue weighted by Crippen LogP contribution is -2.55. The molecule has 7 nitrogen and oxygen atoms in total. The van der Waals surface area contributed by atoms with E-state index in [1.54, 1.807) is 14.2 Å². The summed E-state index contributed by atoms with van der Waals surface area (Å²) in [5.74, 6) is 4.25. The number of nitrogens with one attached hydrogen (secondary N) is 1. The van der Waals surface area contributed by atoms with Gasteiger partial charge < -0.3 is 14.8 Å². The van der Waals surface area contributed by atoms with Gasteiger partial charge in [-0.3, -0.25) is 4.79 Å². The van der Waals surface area contributed by atoms with Gasteiger partial charge in [-0.1, -0.05) is 0 Å². The van der Waals surface area contributed by atoms with Gasteiger partial charge in [0.25, 0.3) is 0 Å². The molecular formula is C31H40N4O3. The van der Waals surface area contributed by atoms with Crippen molar-refractivity contribution in [2.75, 3.05) is 14.2 Å². The number of carbonyl (C=O) groups is 1. The molecule has 4 aliphatic carbocycles. The van der Waals surface area contributed by atoms with Crippen molar-refractivity contribution in [2.45, 2.75) is 78.2 Å². The molecule has 1 aromatic carbocycles. The van der Waals surface area contributed by atoms with E-state index in [2.05, 4.69) is 19.2 Å². The van der Waals surface area contributed by atoms with Gasteiger partial charge in [0.2, 0.25) is 5.91 Å². The van der Waals surface area contributed by atoms with Crippen LogP contribution in [0.1, 0.15) is 68.8 Å². The summed E-state index contributed by atoms with van der Waals surface area (Å²) in [6.07, 6.45) is 9.31. The molecular weight excluding hydrogens is 476 g/mol. The molecule has 4 bridgehead atoms. The zero-order valence-electron chi connectivity index (χ0n) is 23.3. The van der Waals surface area contributed by atoms with Gasteiger partial charge in [0.1, 0.15) is 11.5 Å². The van der Waals surface area contributed by atoms with E-state index in [0.29, 0.717) is 24.0 Å². The van der Waals surface area contributed by atoms with Crippen LogP contribution < -0.4 is 14.8 Å². The summed E-state index contributed by atoms with van der Waals surface area (Å²) in [7, 11) is 3.29. The van der Waals surface area contributed by atoms with E-state index in [-0.39, 0.29) is 11.9 Å². The van der Waals surface area contributed by atoms with Gasteiger partial charge in [-0.05, 0) is 107 Å². The van der Waals surface area contributed by atoms with Crippen LogP contribution >= 0.6 is 0 Å². The van der Waals surface area contributed by atoms with Crippen LogP contribution in [-0.4, -0.2) is 40.8 Å². The lowest BCUT2D eigenvalue weighted by molar-refractivity contribution is -0.125. The molecule has 4 aliphatic rings. The molecule has 202 valence electrons. The molecule has 0 spiro atoms. The second-order valence-corrected chi connectivity index (χ2v) is 12.2. The van der Waals surface area contributed by atoms with Crippen LogP contribution in [0.4, 0.5) is 0 Å². The fourth-order valence-electron chi connectivity index (χ4n) is 8.24. The number of rotatable bonds is 8. The zero-order valence-corrected chi connectivity index (χ0v) is 23.3. The number of methoxy groups -OCH3 is 2. The Morgan fingerprint density at radius 3 is 2.39 bits per heavy atom. The number of carbonyl (C=O) groups excluding carboxylic acids is 1. The maximum atomic E-state index is 13.1. The van der Waals surface area contributed by atoms with Crippen LogP contribution in [0.5, 0.6) is 11.5 Å². The first-order chi connectivity index (χ1) is 18.3. The molecule has 4 fully saturated rings. The molecule has 4 saturated carbocycles. The van der Waals surface area contributed by atoms with E-state index in [0.717, 1.165) is 57.4 Å². The highest BCUT2D eigenvalue weighted by Crippen LogP contribution is 2.61. The Balaban J connectivity index is 1.17. The summed E-state index contributed by atoms with van der Waals surface area (Å²) in [5, 5.41) is 8.29. The Morgan fingerprint density at radius 2 is 1.76 bits per heavy atom. The average molecular weight is 517 g/mol. The van der Waals surface area contributed by atoms with Gasteiger partial charge in [-0.15, -0.1) is 0 Å². The highest BCUT2D eigenvalue weighted by atomic mass is 16.5. The van der Waals surface area contributed by atoms with Crippen molar-refractivity contribution in [2.24, 2.45) is 23.2 Å². The van der Waals surface area contributed by atoms with Gasteiger partial charge in [0, 0.05) is 41.5 Å². The number of benzene rings is 1. The van der Waals surface area contributed by atoms with Crippen LogP contribution in [0.2, 0.25) is 0 Å². The number of ether oxygens (including phenoxy) is 2. The van der Waals surface area contributed by atoms with Crippen molar-refractivity contribution >= 4 is 11.6 Å². The zero-order chi connectivity index (χ0) is 26.6. The highest BCUT2D eigenvalue weighted by molar-refractivity contribution is 5.77. The van der Waals surface area contributed by atoms with Gasteiger partial charge in [0.05, 0.1) is 19.9 Å². The van der Waals surface area contributed by atoms with Crippen LogP contribution in [0.3, 0.4) is 0 Å². The lowest BCUT2D eigenvalue weighted by atomic mass is 9.48. The Kier molecular flexibility index (Phi) is 6.36. The van der Waals surface area contributed by atoms with Gasteiger partial charge in [0.15, 0.2) is 5.65 Å². The van der Waals surface area contributed by atoms with Gasteiger partial charge in [-0.2, -0.15) is 5.10 Å². The summed E-state index contributed by atoms with van der Waals surface area (Å²) < 4.78 is 12.8. The summed E-state index contributed by atoms with van der Waals surface area (Å²) >= 11 is 0. The fourth-order valence-corrected chi connectivity index (χ4v) is 8.24. The minimum Gasteiger partial charge on any atom is -0.497 e. The molecule has 1 amide bonds. The molecule has 1 atom stereocenters.